The number of thioether (sulfide) groups is 1. The fraction of sp³-hybridized carbons (Fsp3) is 0.125. The van der Waals surface area contributed by atoms with E-state index in [0.717, 1.165) is 21.6 Å². The van der Waals surface area contributed by atoms with Gasteiger partial charge in [0.05, 0.1) is 11.5 Å². The number of benzene rings is 3. The molecule has 29 heavy (non-hydrogen) atoms. The van der Waals surface area contributed by atoms with Gasteiger partial charge in [0.15, 0.2) is 11.5 Å². The summed E-state index contributed by atoms with van der Waals surface area (Å²) in [6.07, 6.45) is 1.90. The second kappa shape index (κ2) is 8.76. The van der Waals surface area contributed by atoms with Crippen LogP contribution >= 0.6 is 23.4 Å². The zero-order chi connectivity index (χ0) is 20.2. The maximum absolute atomic E-state index is 12.6. The standard InChI is InChI=1S/C24H19ClO3S/c1-2-27-21-13-16(14-23-24(26)18-8-4-6-10-22(18)29-23)11-12-20(21)28-15-17-7-3-5-9-19(17)25/h3-14H,2,15H2,1H3/b23-14-. The Morgan fingerprint density at radius 3 is 2.55 bits per heavy atom. The van der Waals surface area contributed by atoms with Gasteiger partial charge >= 0.3 is 0 Å². The third-order valence-corrected chi connectivity index (χ3v) is 5.95. The molecule has 0 saturated carbocycles. The molecule has 3 aromatic carbocycles. The number of rotatable bonds is 6. The van der Waals surface area contributed by atoms with E-state index in [2.05, 4.69) is 0 Å². The number of fused-ring (bicyclic) bond motifs is 1. The lowest BCUT2D eigenvalue weighted by Gasteiger charge is -2.13. The summed E-state index contributed by atoms with van der Waals surface area (Å²) in [7, 11) is 0. The molecule has 1 aliphatic rings. The molecule has 0 bridgehead atoms. The number of allylic oxidation sites excluding steroid dienone is 1. The number of ketones is 1. The zero-order valence-electron chi connectivity index (χ0n) is 15.9. The van der Waals surface area contributed by atoms with Crippen LogP contribution in [0.25, 0.3) is 6.08 Å². The van der Waals surface area contributed by atoms with E-state index in [1.54, 1.807) is 0 Å². The van der Waals surface area contributed by atoms with Crippen LogP contribution in [-0.2, 0) is 6.61 Å². The molecule has 0 unspecified atom stereocenters. The fourth-order valence-corrected chi connectivity index (χ4v) is 4.30. The van der Waals surface area contributed by atoms with Crippen molar-refractivity contribution in [3.63, 3.8) is 0 Å². The van der Waals surface area contributed by atoms with E-state index < -0.39 is 0 Å². The molecule has 146 valence electrons. The van der Waals surface area contributed by atoms with Crippen molar-refractivity contribution in [2.45, 2.75) is 18.4 Å². The first-order valence-electron chi connectivity index (χ1n) is 9.32. The topological polar surface area (TPSA) is 35.5 Å². The van der Waals surface area contributed by atoms with Gasteiger partial charge in [-0.1, -0.05) is 59.8 Å². The van der Waals surface area contributed by atoms with Gasteiger partial charge in [0.25, 0.3) is 0 Å². The summed E-state index contributed by atoms with van der Waals surface area (Å²) >= 11 is 7.71. The Kier molecular flexibility index (Phi) is 5.93. The molecule has 3 nitrogen and oxygen atoms in total. The van der Waals surface area contributed by atoms with Crippen LogP contribution in [0.5, 0.6) is 11.5 Å². The van der Waals surface area contributed by atoms with Gasteiger partial charge in [-0.3, -0.25) is 4.79 Å². The highest BCUT2D eigenvalue weighted by Gasteiger charge is 2.25. The number of halogens is 1. The molecular formula is C24H19ClO3S. The summed E-state index contributed by atoms with van der Waals surface area (Å²) in [6.45, 7) is 2.79. The average Bonchev–Trinajstić information content (AvgIpc) is 3.04. The van der Waals surface area contributed by atoms with Crippen LogP contribution in [0.3, 0.4) is 0 Å². The Hall–Kier alpha value is -2.69. The highest BCUT2D eigenvalue weighted by molar-refractivity contribution is 8.04. The lowest BCUT2D eigenvalue weighted by Crippen LogP contribution is -2.00. The van der Waals surface area contributed by atoms with Crippen molar-refractivity contribution in [3.05, 3.63) is 93.3 Å². The van der Waals surface area contributed by atoms with E-state index in [1.807, 2.05) is 79.7 Å². The molecule has 0 amide bonds. The minimum atomic E-state index is 0.0580. The summed E-state index contributed by atoms with van der Waals surface area (Å²) in [6, 6.07) is 20.9. The van der Waals surface area contributed by atoms with Crippen molar-refractivity contribution in [2.75, 3.05) is 6.61 Å². The molecule has 1 aliphatic heterocycles. The quantitative estimate of drug-likeness (QED) is 0.417. The van der Waals surface area contributed by atoms with Crippen LogP contribution in [0.4, 0.5) is 0 Å². The zero-order valence-corrected chi connectivity index (χ0v) is 17.4. The number of carbonyl (C=O) groups excluding carboxylic acids is 1. The molecule has 3 aromatic rings. The maximum atomic E-state index is 12.6. The van der Waals surface area contributed by atoms with Crippen LogP contribution < -0.4 is 9.47 Å². The summed E-state index contributed by atoms with van der Waals surface area (Å²) in [5.74, 6) is 1.34. The monoisotopic (exact) mass is 422 g/mol. The van der Waals surface area contributed by atoms with Crippen LogP contribution in [0.15, 0.2) is 76.5 Å². The van der Waals surface area contributed by atoms with Gasteiger partial charge in [-0.05, 0) is 48.9 Å². The van der Waals surface area contributed by atoms with Crippen LogP contribution in [-0.4, -0.2) is 12.4 Å². The molecule has 0 N–H and O–H groups in total. The molecule has 0 spiro atoms. The van der Waals surface area contributed by atoms with Gasteiger partial charge in [-0.25, -0.2) is 0 Å². The Bertz CT molecular complexity index is 1090. The van der Waals surface area contributed by atoms with Crippen LogP contribution in [0, 0.1) is 0 Å². The molecule has 0 radical (unpaired) electrons. The van der Waals surface area contributed by atoms with Crippen molar-refractivity contribution in [1.82, 2.24) is 0 Å². The van der Waals surface area contributed by atoms with E-state index in [4.69, 9.17) is 21.1 Å². The number of carbonyl (C=O) groups is 1. The molecule has 0 fully saturated rings. The second-order valence-electron chi connectivity index (χ2n) is 6.46. The summed E-state index contributed by atoms with van der Waals surface area (Å²) < 4.78 is 11.7. The van der Waals surface area contributed by atoms with E-state index in [-0.39, 0.29) is 5.78 Å². The Morgan fingerprint density at radius 2 is 1.76 bits per heavy atom. The molecule has 0 saturated heterocycles. The lowest BCUT2D eigenvalue weighted by molar-refractivity contribution is 0.104. The van der Waals surface area contributed by atoms with Gasteiger partial charge in [-0.15, -0.1) is 0 Å². The highest BCUT2D eigenvalue weighted by atomic mass is 35.5. The molecular weight excluding hydrogens is 404 g/mol. The van der Waals surface area contributed by atoms with Crippen LogP contribution in [0.1, 0.15) is 28.4 Å². The summed E-state index contributed by atoms with van der Waals surface area (Å²) in [5, 5.41) is 0.670. The number of ether oxygens (including phenoxy) is 2. The first-order chi connectivity index (χ1) is 14.2. The Morgan fingerprint density at radius 1 is 0.966 bits per heavy atom. The average molecular weight is 423 g/mol. The Labute approximate surface area is 179 Å². The molecule has 1 heterocycles. The van der Waals surface area contributed by atoms with E-state index in [9.17, 15) is 4.79 Å². The third kappa shape index (κ3) is 4.34. The number of Topliss-reactive ketones (excluding diaryl/α,β-unsaturated/α-hetero) is 1. The number of hydrogen-bond donors (Lipinski definition) is 0. The van der Waals surface area contributed by atoms with Crippen molar-refractivity contribution in [2.24, 2.45) is 0 Å². The smallest absolute Gasteiger partial charge is 0.200 e. The first-order valence-corrected chi connectivity index (χ1v) is 10.5. The molecule has 0 aromatic heterocycles. The molecule has 4 rings (SSSR count). The molecule has 5 heteroatoms. The van der Waals surface area contributed by atoms with Gasteiger partial charge in [0.2, 0.25) is 5.78 Å². The Balaban J connectivity index is 1.56. The third-order valence-electron chi connectivity index (χ3n) is 4.48. The van der Waals surface area contributed by atoms with E-state index in [0.29, 0.717) is 34.6 Å². The molecule has 0 aliphatic carbocycles. The minimum Gasteiger partial charge on any atom is -0.490 e. The largest absolute Gasteiger partial charge is 0.490 e. The highest BCUT2D eigenvalue weighted by Crippen LogP contribution is 2.41. The predicted molar refractivity (Wildman–Crippen MR) is 118 cm³/mol. The lowest BCUT2D eigenvalue weighted by atomic mass is 10.1. The predicted octanol–water partition coefficient (Wildman–Crippen LogP) is 6.65. The van der Waals surface area contributed by atoms with E-state index in [1.165, 1.54) is 11.8 Å². The van der Waals surface area contributed by atoms with Gasteiger partial charge in [0.1, 0.15) is 6.61 Å². The van der Waals surface area contributed by atoms with Gasteiger partial charge in [-0.2, -0.15) is 0 Å². The first kappa shape index (κ1) is 19.6. The van der Waals surface area contributed by atoms with E-state index >= 15 is 0 Å². The van der Waals surface area contributed by atoms with Crippen molar-refractivity contribution in [1.29, 1.82) is 0 Å². The summed E-state index contributed by atoms with van der Waals surface area (Å²) in [5.41, 5.74) is 2.56. The van der Waals surface area contributed by atoms with Gasteiger partial charge in [0, 0.05) is 21.0 Å². The van der Waals surface area contributed by atoms with Gasteiger partial charge < -0.3 is 9.47 Å². The fourth-order valence-electron chi connectivity index (χ4n) is 3.06. The van der Waals surface area contributed by atoms with Crippen molar-refractivity contribution < 1.29 is 14.3 Å². The van der Waals surface area contributed by atoms with Crippen LogP contribution in [0.2, 0.25) is 5.02 Å². The minimum absolute atomic E-state index is 0.0580. The van der Waals surface area contributed by atoms with Crippen molar-refractivity contribution >= 4 is 35.2 Å². The molecule has 0 atom stereocenters. The SMILES string of the molecule is CCOc1cc(/C=C2\Sc3ccccc3C2=O)ccc1OCc1ccccc1Cl. The summed E-state index contributed by atoms with van der Waals surface area (Å²) in [4.78, 5) is 14.3. The normalized spacial score (nSPS) is 14.1. The maximum Gasteiger partial charge on any atom is 0.200 e. The van der Waals surface area contributed by atoms with Crippen molar-refractivity contribution in [3.8, 4) is 11.5 Å². The second-order valence-corrected chi connectivity index (χ2v) is 7.95. The number of hydrogen-bond acceptors (Lipinski definition) is 4.